The molecule has 0 radical (unpaired) electrons. The van der Waals surface area contributed by atoms with Crippen LogP contribution in [0, 0.1) is 38.5 Å². The number of methoxy groups -OCH3 is 1. The highest BCUT2D eigenvalue weighted by molar-refractivity contribution is 6.31. The van der Waals surface area contributed by atoms with Crippen molar-refractivity contribution < 1.29 is 4.74 Å². The Kier molecular flexibility index (Phi) is 10.3. The zero-order chi connectivity index (χ0) is 22.8. The van der Waals surface area contributed by atoms with Gasteiger partial charge in [0.25, 0.3) is 0 Å². The summed E-state index contributed by atoms with van der Waals surface area (Å²) in [5, 5.41) is 0.343. The Bertz CT molecular complexity index is 935. The molecule has 0 aromatic carbocycles. The van der Waals surface area contributed by atoms with E-state index in [4.69, 9.17) is 22.1 Å². The lowest BCUT2D eigenvalue weighted by molar-refractivity contribution is 0.406. The van der Waals surface area contributed by atoms with E-state index in [1.807, 2.05) is 33.0 Å². The summed E-state index contributed by atoms with van der Waals surface area (Å²) in [6, 6.07) is 0. The number of ether oxygens (including phenoxy) is 1. The molecule has 2 aromatic heterocycles. The highest BCUT2D eigenvalue weighted by Gasteiger charge is 2.12. The molecule has 6 heteroatoms. The SMILES string of the molecule is CC#C/C(=C/C)c1c(C)nc(N)nc1Cl.CCC(C)Cc1ncc(C)c(OC)c1C. The monoisotopic (exact) mass is 428 g/mol. The van der Waals surface area contributed by atoms with Gasteiger partial charge < -0.3 is 10.5 Å². The second-order valence-corrected chi connectivity index (χ2v) is 7.53. The first-order valence-corrected chi connectivity index (χ1v) is 10.5. The minimum atomic E-state index is 0.182. The second-order valence-electron chi connectivity index (χ2n) is 7.17. The van der Waals surface area contributed by atoms with Crippen molar-refractivity contribution in [2.24, 2.45) is 5.92 Å². The van der Waals surface area contributed by atoms with Crippen molar-refractivity contribution in [3.05, 3.63) is 45.5 Å². The summed E-state index contributed by atoms with van der Waals surface area (Å²) in [6.07, 6.45) is 6.02. The van der Waals surface area contributed by atoms with Gasteiger partial charge >= 0.3 is 0 Å². The number of nitrogen functional groups attached to an aromatic ring is 1. The standard InChI is InChI=1S/C13H21NO.C11H12ClN3/c1-6-9(2)7-12-11(4)13(15-5)10(3)8-14-12;1-4-6-8(5-2)9-7(3)14-11(13)15-10(9)12/h8-9H,6-7H2,1-5H3;5H,1-3H3,(H2,13,14,15)/b;8-5-. The Morgan fingerprint density at radius 2 is 1.97 bits per heavy atom. The fourth-order valence-electron chi connectivity index (χ4n) is 3.03. The van der Waals surface area contributed by atoms with Crippen molar-refractivity contribution >= 4 is 23.1 Å². The number of nitrogens with zero attached hydrogens (tertiary/aromatic N) is 3. The van der Waals surface area contributed by atoms with Gasteiger partial charge in [-0.2, -0.15) is 0 Å². The third-order valence-electron chi connectivity index (χ3n) is 4.87. The van der Waals surface area contributed by atoms with Crippen LogP contribution in [0.2, 0.25) is 5.15 Å². The molecule has 0 bridgehead atoms. The molecule has 1 unspecified atom stereocenters. The summed E-state index contributed by atoms with van der Waals surface area (Å²) >= 11 is 6.00. The number of anilines is 1. The molecule has 0 saturated carbocycles. The van der Waals surface area contributed by atoms with Crippen LogP contribution in [0.3, 0.4) is 0 Å². The largest absolute Gasteiger partial charge is 0.496 e. The third-order valence-corrected chi connectivity index (χ3v) is 5.14. The van der Waals surface area contributed by atoms with E-state index in [1.165, 1.54) is 17.7 Å². The fraction of sp³-hybridized carbons (Fsp3) is 0.458. The number of pyridine rings is 1. The number of nitrogens with two attached hydrogens (primary N) is 1. The van der Waals surface area contributed by atoms with Crippen LogP contribution in [-0.2, 0) is 6.42 Å². The van der Waals surface area contributed by atoms with Crippen molar-refractivity contribution in [2.45, 2.75) is 61.3 Å². The van der Waals surface area contributed by atoms with Crippen molar-refractivity contribution in [3.63, 3.8) is 0 Å². The predicted octanol–water partition coefficient (Wildman–Crippen LogP) is 5.74. The van der Waals surface area contributed by atoms with Gasteiger partial charge in [-0.25, -0.2) is 9.97 Å². The van der Waals surface area contributed by atoms with Gasteiger partial charge in [-0.3, -0.25) is 4.98 Å². The molecule has 0 saturated heterocycles. The van der Waals surface area contributed by atoms with E-state index in [-0.39, 0.29) is 5.95 Å². The molecule has 0 amide bonds. The summed E-state index contributed by atoms with van der Waals surface area (Å²) < 4.78 is 5.39. The maximum atomic E-state index is 6.00. The summed E-state index contributed by atoms with van der Waals surface area (Å²) in [5.41, 5.74) is 11.3. The van der Waals surface area contributed by atoms with Gasteiger partial charge in [0.2, 0.25) is 5.95 Å². The molecule has 5 nitrogen and oxygen atoms in total. The Morgan fingerprint density at radius 1 is 1.30 bits per heavy atom. The number of allylic oxidation sites excluding steroid dienone is 2. The lowest BCUT2D eigenvalue weighted by atomic mass is 9.99. The first-order chi connectivity index (χ1) is 14.2. The molecule has 162 valence electrons. The number of aryl methyl sites for hydroxylation is 2. The summed E-state index contributed by atoms with van der Waals surface area (Å²) in [5.74, 6) is 7.63. The summed E-state index contributed by atoms with van der Waals surface area (Å²) in [4.78, 5) is 12.5. The fourth-order valence-corrected chi connectivity index (χ4v) is 3.35. The molecule has 0 aliphatic rings. The lowest BCUT2D eigenvalue weighted by Gasteiger charge is -2.14. The molecular weight excluding hydrogens is 396 g/mol. The van der Waals surface area contributed by atoms with Gasteiger partial charge in [0.15, 0.2) is 0 Å². The van der Waals surface area contributed by atoms with Gasteiger partial charge in [0, 0.05) is 34.2 Å². The normalized spacial score (nSPS) is 11.7. The molecule has 2 N–H and O–H groups in total. The van der Waals surface area contributed by atoms with E-state index >= 15 is 0 Å². The van der Waals surface area contributed by atoms with Gasteiger partial charge in [0.1, 0.15) is 10.9 Å². The summed E-state index contributed by atoms with van der Waals surface area (Å²) in [6.45, 7) is 14.1. The molecule has 2 rings (SSSR count). The van der Waals surface area contributed by atoms with E-state index in [0.29, 0.717) is 11.1 Å². The zero-order valence-corrected chi connectivity index (χ0v) is 20.1. The first-order valence-electron chi connectivity index (χ1n) is 10.1. The van der Waals surface area contributed by atoms with E-state index in [2.05, 4.69) is 47.6 Å². The number of hydrogen-bond donors (Lipinski definition) is 1. The van der Waals surface area contributed by atoms with Gasteiger partial charge in [-0.15, -0.1) is 5.92 Å². The third kappa shape index (κ3) is 6.74. The number of halogens is 1. The van der Waals surface area contributed by atoms with Gasteiger partial charge in [0.05, 0.1) is 12.8 Å². The average molecular weight is 429 g/mol. The second kappa shape index (κ2) is 12.2. The van der Waals surface area contributed by atoms with Gasteiger partial charge in [-0.1, -0.05) is 43.9 Å². The predicted molar refractivity (Wildman–Crippen MR) is 127 cm³/mol. The van der Waals surface area contributed by atoms with E-state index in [9.17, 15) is 0 Å². The van der Waals surface area contributed by atoms with Crippen molar-refractivity contribution in [3.8, 4) is 17.6 Å². The molecule has 0 aliphatic carbocycles. The Labute approximate surface area is 186 Å². The maximum Gasteiger partial charge on any atom is 0.221 e. The molecule has 0 spiro atoms. The van der Waals surface area contributed by atoms with Crippen LogP contribution in [-0.4, -0.2) is 22.1 Å². The van der Waals surface area contributed by atoms with Crippen molar-refractivity contribution in [1.29, 1.82) is 0 Å². The Morgan fingerprint density at radius 3 is 2.47 bits per heavy atom. The minimum absolute atomic E-state index is 0.182. The lowest BCUT2D eigenvalue weighted by Crippen LogP contribution is -2.05. The molecule has 0 aliphatic heterocycles. The number of rotatable bonds is 5. The molecule has 30 heavy (non-hydrogen) atoms. The van der Waals surface area contributed by atoms with Crippen LogP contribution >= 0.6 is 11.6 Å². The average Bonchev–Trinajstić information content (AvgIpc) is 2.69. The highest BCUT2D eigenvalue weighted by atomic mass is 35.5. The molecular formula is C24H33ClN4O. The topological polar surface area (TPSA) is 73.9 Å². The van der Waals surface area contributed by atoms with Crippen molar-refractivity contribution in [2.75, 3.05) is 12.8 Å². The van der Waals surface area contributed by atoms with Crippen LogP contribution in [0.1, 0.15) is 62.2 Å². The quantitative estimate of drug-likeness (QED) is 0.485. The van der Waals surface area contributed by atoms with Crippen LogP contribution in [0.25, 0.3) is 5.57 Å². The van der Waals surface area contributed by atoms with Crippen LogP contribution in [0.4, 0.5) is 5.95 Å². The summed E-state index contributed by atoms with van der Waals surface area (Å²) in [7, 11) is 1.72. The zero-order valence-electron chi connectivity index (χ0n) is 19.4. The van der Waals surface area contributed by atoms with E-state index in [1.54, 1.807) is 14.0 Å². The van der Waals surface area contributed by atoms with Crippen LogP contribution in [0.5, 0.6) is 5.75 Å². The Hall–Kier alpha value is -2.58. The van der Waals surface area contributed by atoms with Crippen LogP contribution in [0.15, 0.2) is 12.3 Å². The van der Waals surface area contributed by atoms with Gasteiger partial charge in [-0.05, 0) is 47.0 Å². The molecule has 2 aromatic rings. The van der Waals surface area contributed by atoms with Crippen LogP contribution < -0.4 is 10.5 Å². The number of hydrogen-bond acceptors (Lipinski definition) is 5. The highest BCUT2D eigenvalue weighted by Crippen LogP contribution is 2.26. The Balaban J connectivity index is 0.000000300. The van der Waals surface area contributed by atoms with E-state index < -0.39 is 0 Å². The molecule has 2 heterocycles. The minimum Gasteiger partial charge on any atom is -0.496 e. The smallest absolute Gasteiger partial charge is 0.221 e. The maximum absolute atomic E-state index is 6.00. The number of aromatic nitrogens is 3. The van der Waals surface area contributed by atoms with E-state index in [0.717, 1.165) is 34.6 Å². The first kappa shape index (κ1) is 25.5. The van der Waals surface area contributed by atoms with Crippen molar-refractivity contribution in [1.82, 2.24) is 15.0 Å². The molecule has 0 fully saturated rings. The molecule has 1 atom stereocenters.